The maximum atomic E-state index is 11.7. The third kappa shape index (κ3) is 1.49. The molecule has 1 aromatic heterocycles. The van der Waals surface area contributed by atoms with Gasteiger partial charge in [0, 0.05) is 31.9 Å². The zero-order valence-electron chi connectivity index (χ0n) is 8.72. The second-order valence-corrected chi connectivity index (χ2v) is 4.38. The molecule has 0 bridgehead atoms. The predicted molar refractivity (Wildman–Crippen MR) is 55.3 cm³/mol. The fourth-order valence-electron chi connectivity index (χ4n) is 2.64. The summed E-state index contributed by atoms with van der Waals surface area (Å²) in [5.41, 5.74) is 0. The van der Waals surface area contributed by atoms with Crippen LogP contribution in [0.4, 0.5) is 0 Å². The molecular weight excluding hydrogens is 190 g/mol. The van der Waals surface area contributed by atoms with Crippen molar-refractivity contribution in [2.45, 2.75) is 38.4 Å². The van der Waals surface area contributed by atoms with Gasteiger partial charge >= 0.3 is 0 Å². The number of imidazole rings is 1. The fraction of sp³-hybridized carbons (Fsp3) is 0.636. The lowest BCUT2D eigenvalue weighted by molar-refractivity contribution is -0.122. The van der Waals surface area contributed by atoms with Gasteiger partial charge in [-0.1, -0.05) is 0 Å². The summed E-state index contributed by atoms with van der Waals surface area (Å²) in [4.78, 5) is 18.3. The average molecular weight is 205 g/mol. The molecule has 1 fully saturated rings. The van der Waals surface area contributed by atoms with Gasteiger partial charge in [0.25, 0.3) is 0 Å². The largest absolute Gasteiger partial charge is 0.333 e. The summed E-state index contributed by atoms with van der Waals surface area (Å²) in [6, 6.07) is 0.176. The Labute approximate surface area is 88.9 Å². The lowest BCUT2D eigenvalue weighted by Gasteiger charge is -2.31. The number of Topliss-reactive ketones (excluding diaryl/α,β-unsaturated/α-hetero) is 1. The van der Waals surface area contributed by atoms with E-state index in [1.54, 1.807) is 0 Å². The van der Waals surface area contributed by atoms with Crippen LogP contribution in [0.15, 0.2) is 12.4 Å². The average Bonchev–Trinajstić information content (AvgIpc) is 2.84. The zero-order valence-corrected chi connectivity index (χ0v) is 8.72. The minimum atomic E-state index is 0.176. The Morgan fingerprint density at radius 2 is 2.33 bits per heavy atom. The van der Waals surface area contributed by atoms with E-state index >= 15 is 0 Å². The molecule has 1 aliphatic carbocycles. The van der Waals surface area contributed by atoms with E-state index in [4.69, 9.17) is 0 Å². The Balaban J connectivity index is 1.78. The number of ketones is 1. The minimum Gasteiger partial charge on any atom is -0.333 e. The van der Waals surface area contributed by atoms with Gasteiger partial charge in [-0.15, -0.1) is 0 Å². The van der Waals surface area contributed by atoms with E-state index in [9.17, 15) is 4.79 Å². The van der Waals surface area contributed by atoms with Crippen LogP contribution >= 0.6 is 0 Å². The van der Waals surface area contributed by atoms with Gasteiger partial charge in [0.2, 0.25) is 0 Å². The lowest BCUT2D eigenvalue weighted by atomic mass is 10.2. The Morgan fingerprint density at radius 1 is 1.40 bits per heavy atom. The molecule has 2 aliphatic rings. The first-order valence-electron chi connectivity index (χ1n) is 5.61. The smallest absolute Gasteiger partial charge is 0.149 e. The number of carbonyl (C=O) groups is 1. The highest BCUT2D eigenvalue weighted by atomic mass is 16.1. The van der Waals surface area contributed by atoms with E-state index in [1.807, 2.05) is 12.4 Å². The van der Waals surface area contributed by atoms with E-state index in [2.05, 4.69) is 14.5 Å². The minimum absolute atomic E-state index is 0.176. The van der Waals surface area contributed by atoms with Gasteiger partial charge in [-0.05, 0) is 12.8 Å². The van der Waals surface area contributed by atoms with E-state index in [0.717, 1.165) is 44.7 Å². The summed E-state index contributed by atoms with van der Waals surface area (Å²) < 4.78 is 2.18. The normalized spacial score (nSPS) is 26.9. The molecule has 1 saturated carbocycles. The lowest BCUT2D eigenvalue weighted by Crippen LogP contribution is -2.43. The molecule has 0 saturated heterocycles. The van der Waals surface area contributed by atoms with Crippen molar-refractivity contribution in [2.24, 2.45) is 0 Å². The molecular formula is C11H15N3O. The Morgan fingerprint density at radius 3 is 3.13 bits per heavy atom. The maximum absolute atomic E-state index is 11.7. The van der Waals surface area contributed by atoms with E-state index in [1.165, 1.54) is 0 Å². The van der Waals surface area contributed by atoms with Crippen molar-refractivity contribution in [1.82, 2.24) is 14.5 Å². The van der Waals surface area contributed by atoms with Crippen LogP contribution in [0.3, 0.4) is 0 Å². The molecule has 0 spiro atoms. The number of rotatable bonds is 1. The molecule has 4 nitrogen and oxygen atoms in total. The van der Waals surface area contributed by atoms with Crippen LogP contribution in [0.2, 0.25) is 0 Å². The molecule has 80 valence electrons. The molecule has 0 aromatic carbocycles. The van der Waals surface area contributed by atoms with E-state index in [0.29, 0.717) is 5.78 Å². The molecule has 15 heavy (non-hydrogen) atoms. The summed E-state index contributed by atoms with van der Waals surface area (Å²) in [6.45, 7) is 2.79. The van der Waals surface area contributed by atoms with Gasteiger partial charge in [-0.2, -0.15) is 0 Å². The Kier molecular flexibility index (Phi) is 2.09. The topological polar surface area (TPSA) is 38.1 Å². The predicted octanol–water partition coefficient (Wildman–Crippen LogP) is 0.820. The van der Waals surface area contributed by atoms with Crippen molar-refractivity contribution in [3.8, 4) is 0 Å². The summed E-state index contributed by atoms with van der Waals surface area (Å²) in [6.07, 6.45) is 6.74. The van der Waals surface area contributed by atoms with Crippen molar-refractivity contribution in [2.75, 3.05) is 6.54 Å². The van der Waals surface area contributed by atoms with Gasteiger partial charge in [-0.3, -0.25) is 9.69 Å². The van der Waals surface area contributed by atoms with Gasteiger partial charge in [0.1, 0.15) is 11.6 Å². The summed E-state index contributed by atoms with van der Waals surface area (Å²) in [5.74, 6) is 1.52. The van der Waals surface area contributed by atoms with Crippen molar-refractivity contribution < 1.29 is 4.79 Å². The third-order valence-electron chi connectivity index (χ3n) is 3.49. The number of hydrogen-bond donors (Lipinski definition) is 0. The van der Waals surface area contributed by atoms with E-state index in [-0.39, 0.29) is 6.04 Å². The van der Waals surface area contributed by atoms with E-state index < -0.39 is 0 Å². The highest BCUT2D eigenvalue weighted by Gasteiger charge is 2.32. The first-order valence-corrected chi connectivity index (χ1v) is 5.61. The quantitative estimate of drug-likeness (QED) is 0.681. The molecule has 4 heteroatoms. The number of hydrogen-bond acceptors (Lipinski definition) is 3. The van der Waals surface area contributed by atoms with Crippen LogP contribution in [-0.4, -0.2) is 32.8 Å². The van der Waals surface area contributed by atoms with Crippen molar-refractivity contribution in [1.29, 1.82) is 0 Å². The molecule has 0 amide bonds. The first-order chi connectivity index (χ1) is 7.34. The zero-order chi connectivity index (χ0) is 10.3. The second kappa shape index (κ2) is 3.45. The standard InChI is InChI=1S/C11H15N3O/c15-10-3-1-2-9(10)14-7-6-13-5-4-12-11(13)8-14/h4-5,9H,1-3,6-8H2. The van der Waals surface area contributed by atoms with Crippen LogP contribution in [0.1, 0.15) is 25.1 Å². The fourth-order valence-corrected chi connectivity index (χ4v) is 2.64. The Hall–Kier alpha value is -1.16. The van der Waals surface area contributed by atoms with Crippen molar-refractivity contribution >= 4 is 5.78 Å². The van der Waals surface area contributed by atoms with Gasteiger partial charge in [-0.25, -0.2) is 4.98 Å². The van der Waals surface area contributed by atoms with Gasteiger partial charge < -0.3 is 4.57 Å². The SMILES string of the molecule is O=C1CCCC1N1CCn2ccnc2C1. The number of carbonyl (C=O) groups excluding carboxylic acids is 1. The molecule has 1 atom stereocenters. The van der Waals surface area contributed by atoms with Crippen LogP contribution < -0.4 is 0 Å². The number of fused-ring (bicyclic) bond motifs is 1. The van der Waals surface area contributed by atoms with Gasteiger partial charge in [0.15, 0.2) is 0 Å². The van der Waals surface area contributed by atoms with Crippen molar-refractivity contribution in [3.63, 3.8) is 0 Å². The first kappa shape index (κ1) is 9.09. The monoisotopic (exact) mass is 205 g/mol. The van der Waals surface area contributed by atoms with Crippen LogP contribution in [-0.2, 0) is 17.9 Å². The molecule has 3 rings (SSSR count). The molecule has 2 heterocycles. The number of aromatic nitrogens is 2. The second-order valence-electron chi connectivity index (χ2n) is 4.38. The molecule has 1 aliphatic heterocycles. The molecule has 0 radical (unpaired) electrons. The third-order valence-corrected chi connectivity index (χ3v) is 3.49. The molecule has 1 aromatic rings. The molecule has 1 unspecified atom stereocenters. The molecule has 0 N–H and O–H groups in total. The Bertz CT molecular complexity index is 385. The summed E-state index contributed by atoms with van der Waals surface area (Å²) >= 11 is 0. The van der Waals surface area contributed by atoms with Crippen LogP contribution in [0, 0.1) is 0 Å². The summed E-state index contributed by atoms with van der Waals surface area (Å²) in [7, 11) is 0. The highest BCUT2D eigenvalue weighted by Crippen LogP contribution is 2.23. The van der Waals surface area contributed by atoms with Crippen molar-refractivity contribution in [3.05, 3.63) is 18.2 Å². The maximum Gasteiger partial charge on any atom is 0.149 e. The number of nitrogens with zero attached hydrogens (tertiary/aromatic N) is 3. The highest BCUT2D eigenvalue weighted by molar-refractivity contribution is 5.85. The van der Waals surface area contributed by atoms with Crippen LogP contribution in [0.25, 0.3) is 0 Å². The van der Waals surface area contributed by atoms with Crippen LogP contribution in [0.5, 0.6) is 0 Å². The van der Waals surface area contributed by atoms with Gasteiger partial charge in [0.05, 0.1) is 12.6 Å². The summed E-state index contributed by atoms with van der Waals surface area (Å²) in [5, 5.41) is 0.